The third-order valence-electron chi connectivity index (χ3n) is 5.03. The van der Waals surface area contributed by atoms with Gasteiger partial charge in [-0.05, 0) is 73.3 Å². The van der Waals surface area contributed by atoms with E-state index < -0.39 is 17.9 Å². The van der Waals surface area contributed by atoms with Gasteiger partial charge in [0.2, 0.25) is 0 Å². The number of alkyl halides is 3. The van der Waals surface area contributed by atoms with Gasteiger partial charge in [-0.2, -0.15) is 0 Å². The first-order chi connectivity index (χ1) is 12.9. The van der Waals surface area contributed by atoms with E-state index in [0.29, 0.717) is 24.8 Å². The average Bonchev–Trinajstić information content (AvgIpc) is 2.64. The topological polar surface area (TPSA) is 9.23 Å². The minimum atomic E-state index is -4.89. The zero-order chi connectivity index (χ0) is 19.4. The molecule has 0 spiro atoms. The molecule has 27 heavy (non-hydrogen) atoms. The van der Waals surface area contributed by atoms with E-state index in [0.717, 1.165) is 24.5 Å². The Kier molecular flexibility index (Phi) is 5.88. The summed E-state index contributed by atoms with van der Waals surface area (Å²) in [6, 6.07) is 11.1. The fourth-order valence-electron chi connectivity index (χ4n) is 3.65. The molecule has 2 aromatic carbocycles. The third kappa shape index (κ3) is 4.90. The average molecular weight is 378 g/mol. The summed E-state index contributed by atoms with van der Waals surface area (Å²) in [5.41, 5.74) is 3.56. The van der Waals surface area contributed by atoms with Crippen LogP contribution in [-0.2, 0) is 19.3 Å². The van der Waals surface area contributed by atoms with E-state index in [1.807, 2.05) is 13.0 Å². The molecule has 1 nitrogen and oxygen atoms in total. The molecule has 0 saturated heterocycles. The minimum absolute atomic E-state index is 0.246. The Balaban J connectivity index is 1.72. The highest BCUT2D eigenvalue weighted by Gasteiger charge is 2.34. The van der Waals surface area contributed by atoms with Gasteiger partial charge in [0.05, 0.1) is 0 Å². The minimum Gasteiger partial charge on any atom is -0.403 e. The van der Waals surface area contributed by atoms with Gasteiger partial charge in [-0.25, -0.2) is 4.39 Å². The third-order valence-corrected chi connectivity index (χ3v) is 5.03. The summed E-state index contributed by atoms with van der Waals surface area (Å²) in [6.07, 6.45) is 3.02. The van der Waals surface area contributed by atoms with Gasteiger partial charge < -0.3 is 4.74 Å². The maximum Gasteiger partial charge on any atom is 0.573 e. The van der Waals surface area contributed by atoms with Crippen LogP contribution in [0.15, 0.2) is 48.6 Å². The first-order valence-corrected chi connectivity index (χ1v) is 9.13. The first kappa shape index (κ1) is 19.5. The highest BCUT2D eigenvalue weighted by Crippen LogP contribution is 2.37. The Morgan fingerprint density at radius 2 is 1.85 bits per heavy atom. The van der Waals surface area contributed by atoms with E-state index in [4.69, 9.17) is 0 Å². The Hall–Kier alpha value is -2.30. The summed E-state index contributed by atoms with van der Waals surface area (Å²) < 4.78 is 55.3. The van der Waals surface area contributed by atoms with Gasteiger partial charge in [-0.1, -0.05) is 42.5 Å². The Labute approximate surface area is 156 Å². The lowest BCUT2D eigenvalue weighted by Crippen LogP contribution is -2.20. The molecular formula is C22H22F4O. The van der Waals surface area contributed by atoms with Crippen LogP contribution in [0.5, 0.6) is 5.75 Å². The predicted octanol–water partition coefficient (Wildman–Crippen LogP) is 6.51. The normalized spacial score (nSPS) is 17.1. The van der Waals surface area contributed by atoms with Gasteiger partial charge in [-0.3, -0.25) is 0 Å². The quantitative estimate of drug-likeness (QED) is 0.426. The fourth-order valence-corrected chi connectivity index (χ4v) is 3.65. The van der Waals surface area contributed by atoms with Crippen LogP contribution < -0.4 is 4.74 Å². The molecule has 5 heteroatoms. The molecule has 0 saturated carbocycles. The summed E-state index contributed by atoms with van der Waals surface area (Å²) >= 11 is 0. The number of hydrogen-bond donors (Lipinski definition) is 0. The van der Waals surface area contributed by atoms with E-state index in [1.165, 1.54) is 11.1 Å². The van der Waals surface area contributed by atoms with Gasteiger partial charge in [-0.15, -0.1) is 13.2 Å². The second kappa shape index (κ2) is 8.15. The van der Waals surface area contributed by atoms with Crippen molar-refractivity contribution in [2.24, 2.45) is 0 Å². The number of halogens is 4. The number of rotatable bonds is 5. The van der Waals surface area contributed by atoms with Gasteiger partial charge in [0.15, 0.2) is 11.6 Å². The van der Waals surface area contributed by atoms with Gasteiger partial charge in [0.1, 0.15) is 0 Å². The lowest BCUT2D eigenvalue weighted by atomic mass is 9.79. The monoisotopic (exact) mass is 378 g/mol. The number of aryl methyl sites for hydroxylation is 1. The predicted molar refractivity (Wildman–Crippen MR) is 97.4 cm³/mol. The van der Waals surface area contributed by atoms with Crippen LogP contribution in [0.25, 0.3) is 0 Å². The van der Waals surface area contributed by atoms with Crippen LogP contribution in [0.2, 0.25) is 0 Å². The van der Waals surface area contributed by atoms with Crippen LogP contribution in [0.3, 0.4) is 0 Å². The van der Waals surface area contributed by atoms with E-state index in [1.54, 1.807) is 6.07 Å². The summed E-state index contributed by atoms with van der Waals surface area (Å²) in [4.78, 5) is 0. The van der Waals surface area contributed by atoms with Crippen molar-refractivity contribution >= 4 is 0 Å². The number of fused-ring (bicyclic) bond motifs is 1. The molecule has 0 bridgehead atoms. The van der Waals surface area contributed by atoms with Crippen molar-refractivity contribution in [2.45, 2.75) is 51.3 Å². The molecule has 0 amide bonds. The first-order valence-electron chi connectivity index (χ1n) is 9.13. The maximum absolute atomic E-state index is 14.4. The fraction of sp³-hybridized carbons (Fsp3) is 0.364. The molecule has 1 atom stereocenters. The summed E-state index contributed by atoms with van der Waals surface area (Å²) in [5.74, 6) is -1.39. The zero-order valence-corrected chi connectivity index (χ0v) is 15.2. The highest BCUT2D eigenvalue weighted by molar-refractivity contribution is 5.41. The second-order valence-electron chi connectivity index (χ2n) is 6.85. The highest BCUT2D eigenvalue weighted by atomic mass is 19.4. The van der Waals surface area contributed by atoms with Gasteiger partial charge in [0.25, 0.3) is 0 Å². The van der Waals surface area contributed by atoms with Crippen LogP contribution in [0.1, 0.15) is 47.9 Å². The summed E-state index contributed by atoms with van der Waals surface area (Å²) in [6.45, 7) is 2.01. The molecular weight excluding hydrogens is 356 g/mol. The van der Waals surface area contributed by atoms with Crippen molar-refractivity contribution < 1.29 is 22.3 Å². The van der Waals surface area contributed by atoms with Crippen molar-refractivity contribution in [3.05, 3.63) is 76.6 Å². The van der Waals surface area contributed by atoms with Crippen LogP contribution in [0, 0.1) is 5.82 Å². The van der Waals surface area contributed by atoms with Crippen molar-refractivity contribution in [1.82, 2.24) is 0 Å². The summed E-state index contributed by atoms with van der Waals surface area (Å²) in [7, 11) is 0. The largest absolute Gasteiger partial charge is 0.573 e. The van der Waals surface area contributed by atoms with Crippen LogP contribution in [-0.4, -0.2) is 6.36 Å². The number of hydrogen-bond acceptors (Lipinski definition) is 1. The molecule has 0 fully saturated rings. The molecule has 3 rings (SSSR count). The van der Waals surface area contributed by atoms with Gasteiger partial charge >= 0.3 is 6.36 Å². The Bertz CT molecular complexity index is 806. The molecule has 1 unspecified atom stereocenters. The molecule has 0 aromatic heterocycles. The molecule has 144 valence electrons. The van der Waals surface area contributed by atoms with Crippen molar-refractivity contribution in [1.29, 1.82) is 0 Å². The number of allylic oxidation sites excluding steroid dienone is 2. The Morgan fingerprint density at radius 3 is 2.52 bits per heavy atom. The Morgan fingerprint density at radius 1 is 1.11 bits per heavy atom. The standard InChI is InChI=1S/C22H22F4O/c1-2-3-4-5-15-6-8-16(9-7-15)17-10-12-19-18(14-17)11-13-20(21(19)23)27-22(24,25)26/h2-3,6-9,11,13,17H,4-5,10,12,14H2,1H3/b3-2+. The van der Waals surface area contributed by atoms with E-state index >= 15 is 0 Å². The summed E-state index contributed by atoms with van der Waals surface area (Å²) in [5, 5.41) is 0. The van der Waals surface area contributed by atoms with Crippen molar-refractivity contribution in [3.63, 3.8) is 0 Å². The lowest BCUT2D eigenvalue weighted by Gasteiger charge is -2.26. The number of benzene rings is 2. The van der Waals surface area contributed by atoms with E-state index in [2.05, 4.69) is 35.1 Å². The molecule has 0 radical (unpaired) electrons. The van der Waals surface area contributed by atoms with Gasteiger partial charge in [0, 0.05) is 0 Å². The number of ether oxygens (including phenoxy) is 1. The molecule has 0 N–H and O–H groups in total. The maximum atomic E-state index is 14.4. The zero-order valence-electron chi connectivity index (χ0n) is 15.2. The molecule has 2 aromatic rings. The van der Waals surface area contributed by atoms with E-state index in [-0.39, 0.29) is 5.92 Å². The van der Waals surface area contributed by atoms with Crippen LogP contribution in [0.4, 0.5) is 17.6 Å². The van der Waals surface area contributed by atoms with Crippen molar-refractivity contribution in [2.75, 3.05) is 0 Å². The SMILES string of the molecule is C/C=C/CCc1ccc(C2CCc3c(ccc(OC(F)(F)F)c3F)C2)cc1. The lowest BCUT2D eigenvalue weighted by molar-refractivity contribution is -0.275. The molecule has 1 aliphatic carbocycles. The smallest absolute Gasteiger partial charge is 0.403 e. The molecule has 0 aliphatic heterocycles. The second-order valence-corrected chi connectivity index (χ2v) is 6.85. The molecule has 0 heterocycles. The van der Waals surface area contributed by atoms with Crippen molar-refractivity contribution in [3.8, 4) is 5.75 Å². The van der Waals surface area contributed by atoms with Crippen LogP contribution >= 0.6 is 0 Å². The molecule has 1 aliphatic rings. The van der Waals surface area contributed by atoms with E-state index in [9.17, 15) is 17.6 Å².